The monoisotopic (exact) mass is 450 g/mol. The van der Waals surface area contributed by atoms with Gasteiger partial charge in [-0.2, -0.15) is 0 Å². The second-order valence-corrected chi connectivity index (χ2v) is 9.55. The maximum atomic E-state index is 13.7. The van der Waals surface area contributed by atoms with Gasteiger partial charge in [0.25, 0.3) is 0 Å². The molecular weight excluding hydrogens is 408 g/mol. The summed E-state index contributed by atoms with van der Waals surface area (Å²) in [6, 6.07) is 16.9. The van der Waals surface area contributed by atoms with Crippen molar-refractivity contribution in [3.05, 3.63) is 65.2 Å². The summed E-state index contributed by atoms with van der Waals surface area (Å²) in [5.41, 5.74) is 3.50. The number of ether oxygens (including phenoxy) is 1. The first-order valence-electron chi connectivity index (χ1n) is 12.7. The van der Waals surface area contributed by atoms with Gasteiger partial charge in [-0.15, -0.1) is 0 Å². The highest BCUT2D eigenvalue weighted by Crippen LogP contribution is 2.29. The van der Waals surface area contributed by atoms with E-state index in [-0.39, 0.29) is 11.9 Å². The van der Waals surface area contributed by atoms with Crippen LogP contribution in [0.5, 0.6) is 5.75 Å². The summed E-state index contributed by atoms with van der Waals surface area (Å²) in [5, 5.41) is 0. The number of unbranched alkanes of at least 4 members (excludes halogenated alkanes) is 3. The largest absolute Gasteiger partial charge is 0.497 e. The highest BCUT2D eigenvalue weighted by atomic mass is 16.5. The molecule has 0 aromatic heterocycles. The van der Waals surface area contributed by atoms with Crippen molar-refractivity contribution < 1.29 is 9.53 Å². The lowest BCUT2D eigenvalue weighted by Crippen LogP contribution is -2.49. The predicted octanol–water partition coefficient (Wildman–Crippen LogP) is 6.18. The Bertz CT molecular complexity index is 839. The molecule has 2 aromatic rings. The number of methoxy groups -OCH3 is 1. The number of likely N-dealkylation sites (tertiary alicyclic amines) is 1. The Hall–Kier alpha value is -2.33. The van der Waals surface area contributed by atoms with Crippen LogP contribution in [0.15, 0.2) is 48.5 Å². The zero-order valence-electron chi connectivity index (χ0n) is 21.1. The molecule has 4 heteroatoms. The van der Waals surface area contributed by atoms with E-state index in [0.717, 1.165) is 37.2 Å². The number of benzene rings is 2. The molecule has 0 saturated carbocycles. The van der Waals surface area contributed by atoms with Crippen molar-refractivity contribution in [1.82, 2.24) is 9.80 Å². The molecular formula is C29H42N2O2. The second kappa shape index (κ2) is 12.8. The van der Waals surface area contributed by atoms with E-state index in [9.17, 15) is 4.79 Å². The number of aryl methyl sites for hydroxylation is 1. The van der Waals surface area contributed by atoms with Crippen molar-refractivity contribution in [3.8, 4) is 5.75 Å². The van der Waals surface area contributed by atoms with Gasteiger partial charge in [0.1, 0.15) is 5.75 Å². The van der Waals surface area contributed by atoms with E-state index in [1.165, 1.54) is 43.4 Å². The Balaban J connectivity index is 1.70. The van der Waals surface area contributed by atoms with Gasteiger partial charge < -0.3 is 14.5 Å². The molecule has 2 aromatic carbocycles. The van der Waals surface area contributed by atoms with Crippen molar-refractivity contribution in [2.75, 3.05) is 26.7 Å². The number of amides is 1. The minimum Gasteiger partial charge on any atom is -0.497 e. The number of rotatable bonds is 11. The van der Waals surface area contributed by atoms with E-state index in [2.05, 4.69) is 54.8 Å². The first kappa shape index (κ1) is 25.3. The van der Waals surface area contributed by atoms with E-state index in [0.29, 0.717) is 12.5 Å². The molecule has 1 saturated heterocycles. The van der Waals surface area contributed by atoms with Crippen LogP contribution < -0.4 is 4.74 Å². The van der Waals surface area contributed by atoms with Crippen molar-refractivity contribution in [1.29, 1.82) is 0 Å². The fourth-order valence-electron chi connectivity index (χ4n) is 4.93. The summed E-state index contributed by atoms with van der Waals surface area (Å²) in [5.74, 6) is 1.04. The molecule has 1 atom stereocenters. The predicted molar refractivity (Wildman–Crippen MR) is 137 cm³/mol. The van der Waals surface area contributed by atoms with Gasteiger partial charge in [0.15, 0.2) is 0 Å². The second-order valence-electron chi connectivity index (χ2n) is 9.55. The van der Waals surface area contributed by atoms with Crippen molar-refractivity contribution in [2.45, 2.75) is 77.8 Å². The lowest BCUT2D eigenvalue weighted by atomic mass is 9.96. The van der Waals surface area contributed by atoms with Gasteiger partial charge in [0.2, 0.25) is 5.91 Å². The number of carbonyl (C=O) groups is 1. The smallest absolute Gasteiger partial charge is 0.227 e. The standard InChI is InChI=1S/C29H42N2O2/c1-5-6-7-8-19-30-20-17-27(18-21-30)31(24(3)26-13-9-23(2)10-14-26)29(32)22-25-11-15-28(33-4)16-12-25/h9-16,24,27H,5-8,17-22H2,1-4H3. The van der Waals surface area contributed by atoms with Gasteiger partial charge in [0, 0.05) is 19.1 Å². The number of hydrogen-bond acceptors (Lipinski definition) is 3. The molecule has 180 valence electrons. The Morgan fingerprint density at radius 3 is 2.30 bits per heavy atom. The van der Waals surface area contributed by atoms with Crippen molar-refractivity contribution >= 4 is 5.91 Å². The molecule has 0 bridgehead atoms. The van der Waals surface area contributed by atoms with Gasteiger partial charge in [0.05, 0.1) is 19.6 Å². The third kappa shape index (κ3) is 7.33. The molecule has 0 aliphatic carbocycles. The van der Waals surface area contributed by atoms with Gasteiger partial charge in [-0.25, -0.2) is 0 Å². The molecule has 33 heavy (non-hydrogen) atoms. The number of nitrogens with zero attached hydrogens (tertiary/aromatic N) is 2. The van der Waals surface area contributed by atoms with E-state index >= 15 is 0 Å². The van der Waals surface area contributed by atoms with Gasteiger partial charge in [-0.3, -0.25) is 4.79 Å². The van der Waals surface area contributed by atoms with Gasteiger partial charge >= 0.3 is 0 Å². The van der Waals surface area contributed by atoms with Crippen LogP contribution in [0.1, 0.15) is 75.1 Å². The Morgan fingerprint density at radius 2 is 1.70 bits per heavy atom. The molecule has 0 radical (unpaired) electrons. The van der Waals surface area contributed by atoms with E-state index in [1.54, 1.807) is 7.11 Å². The fourth-order valence-corrected chi connectivity index (χ4v) is 4.93. The van der Waals surface area contributed by atoms with Crippen LogP contribution in [-0.2, 0) is 11.2 Å². The molecule has 1 fully saturated rings. The van der Waals surface area contributed by atoms with Crippen molar-refractivity contribution in [3.63, 3.8) is 0 Å². The van der Waals surface area contributed by atoms with E-state index in [1.807, 2.05) is 24.3 Å². The number of hydrogen-bond donors (Lipinski definition) is 0. The Morgan fingerprint density at radius 1 is 1.03 bits per heavy atom. The lowest BCUT2D eigenvalue weighted by molar-refractivity contribution is -0.136. The first-order chi connectivity index (χ1) is 16.0. The summed E-state index contributed by atoms with van der Waals surface area (Å²) in [4.78, 5) is 18.4. The average Bonchev–Trinajstić information content (AvgIpc) is 2.84. The molecule has 1 amide bonds. The highest BCUT2D eigenvalue weighted by Gasteiger charge is 2.31. The molecule has 3 rings (SSSR count). The van der Waals surface area contributed by atoms with Crippen LogP contribution in [0.3, 0.4) is 0 Å². The van der Waals surface area contributed by atoms with Gasteiger partial charge in [-0.1, -0.05) is 68.1 Å². The molecule has 1 aliphatic heterocycles. The van der Waals surface area contributed by atoms with Crippen LogP contribution in [0.25, 0.3) is 0 Å². The highest BCUT2D eigenvalue weighted by molar-refractivity contribution is 5.79. The Kier molecular flexibility index (Phi) is 9.80. The van der Waals surface area contributed by atoms with Crippen LogP contribution in [0.4, 0.5) is 0 Å². The third-order valence-corrected chi connectivity index (χ3v) is 7.06. The summed E-state index contributed by atoms with van der Waals surface area (Å²) in [7, 11) is 1.67. The quantitative estimate of drug-likeness (QED) is 0.383. The lowest BCUT2D eigenvalue weighted by Gasteiger charge is -2.42. The van der Waals surface area contributed by atoms with Crippen LogP contribution in [0.2, 0.25) is 0 Å². The molecule has 0 N–H and O–H groups in total. The van der Waals surface area contributed by atoms with Crippen LogP contribution in [-0.4, -0.2) is 48.5 Å². The maximum Gasteiger partial charge on any atom is 0.227 e. The minimum absolute atomic E-state index is 0.0671. The summed E-state index contributed by atoms with van der Waals surface area (Å²) in [6.45, 7) is 9.93. The molecule has 4 nitrogen and oxygen atoms in total. The van der Waals surface area contributed by atoms with Crippen molar-refractivity contribution in [2.24, 2.45) is 0 Å². The topological polar surface area (TPSA) is 32.8 Å². The van der Waals surface area contributed by atoms with Crippen LogP contribution in [0, 0.1) is 6.92 Å². The molecule has 1 aliphatic rings. The first-order valence-corrected chi connectivity index (χ1v) is 12.7. The Labute approximate surface area is 200 Å². The summed E-state index contributed by atoms with van der Waals surface area (Å²) >= 11 is 0. The number of piperidine rings is 1. The third-order valence-electron chi connectivity index (χ3n) is 7.06. The fraction of sp³-hybridized carbons (Fsp3) is 0.552. The minimum atomic E-state index is 0.0671. The molecule has 1 heterocycles. The van der Waals surface area contributed by atoms with Gasteiger partial charge in [-0.05, 0) is 62.9 Å². The van der Waals surface area contributed by atoms with Crippen LogP contribution >= 0.6 is 0 Å². The average molecular weight is 451 g/mol. The SMILES string of the molecule is CCCCCCN1CCC(N(C(=O)Cc2ccc(OC)cc2)C(C)c2ccc(C)cc2)CC1. The maximum absolute atomic E-state index is 13.7. The molecule has 0 spiro atoms. The zero-order chi connectivity index (χ0) is 23.6. The van der Waals surface area contributed by atoms with E-state index < -0.39 is 0 Å². The van der Waals surface area contributed by atoms with E-state index in [4.69, 9.17) is 4.74 Å². The molecule has 1 unspecified atom stereocenters. The zero-order valence-corrected chi connectivity index (χ0v) is 21.1. The summed E-state index contributed by atoms with van der Waals surface area (Å²) in [6.07, 6.45) is 7.77. The summed E-state index contributed by atoms with van der Waals surface area (Å²) < 4.78 is 5.27. The number of carbonyl (C=O) groups excluding carboxylic acids is 1. The normalized spacial score (nSPS) is 15.9.